The van der Waals surface area contributed by atoms with Crippen LogP contribution in [0.25, 0.3) is 0 Å². The van der Waals surface area contributed by atoms with E-state index in [9.17, 15) is 14.4 Å². The first kappa shape index (κ1) is 18.4. The molecule has 4 atom stereocenters. The molecule has 1 heterocycles. The highest BCUT2D eigenvalue weighted by atomic mass is 16.2. The van der Waals surface area contributed by atoms with Gasteiger partial charge in [-0.1, -0.05) is 26.7 Å². The number of primary amides is 1. The molecule has 0 unspecified atom stereocenters. The van der Waals surface area contributed by atoms with E-state index in [0.29, 0.717) is 29.6 Å². The molecule has 0 aromatic heterocycles. The molecule has 3 rings (SSSR count). The summed E-state index contributed by atoms with van der Waals surface area (Å²) in [5.74, 6) is 0.178. The summed E-state index contributed by atoms with van der Waals surface area (Å²) in [6.07, 6.45) is 3.65. The number of amides is 3. The van der Waals surface area contributed by atoms with E-state index in [1.165, 1.54) is 6.42 Å². The number of anilines is 1. The fraction of sp³-hybridized carbons (Fsp3) is 0.550. The van der Waals surface area contributed by atoms with Crippen molar-refractivity contribution < 1.29 is 14.4 Å². The Morgan fingerprint density at radius 2 is 1.85 bits per heavy atom. The summed E-state index contributed by atoms with van der Waals surface area (Å²) in [5, 5.41) is 2.84. The van der Waals surface area contributed by atoms with E-state index in [4.69, 9.17) is 5.73 Å². The Hall–Kier alpha value is -2.37. The number of nitrogens with zero attached hydrogens (tertiary/aromatic N) is 1. The van der Waals surface area contributed by atoms with Crippen LogP contribution in [0.1, 0.15) is 49.9 Å². The fourth-order valence-electron chi connectivity index (χ4n) is 4.18. The molecule has 0 radical (unpaired) electrons. The molecule has 1 aliphatic carbocycles. The van der Waals surface area contributed by atoms with Gasteiger partial charge in [-0.3, -0.25) is 14.4 Å². The van der Waals surface area contributed by atoms with E-state index in [1.54, 1.807) is 24.3 Å². The first-order chi connectivity index (χ1) is 12.4. The van der Waals surface area contributed by atoms with Crippen LogP contribution >= 0.6 is 0 Å². The Kier molecular flexibility index (Phi) is 5.30. The molecule has 0 bridgehead atoms. The van der Waals surface area contributed by atoms with Crippen molar-refractivity contribution in [3.8, 4) is 0 Å². The average molecular weight is 357 g/mol. The minimum absolute atomic E-state index is 0.0835. The van der Waals surface area contributed by atoms with Gasteiger partial charge in [0, 0.05) is 30.3 Å². The van der Waals surface area contributed by atoms with Crippen molar-refractivity contribution in [3.05, 3.63) is 29.8 Å². The Balaban J connectivity index is 1.62. The summed E-state index contributed by atoms with van der Waals surface area (Å²) < 4.78 is 0. The third-order valence-electron chi connectivity index (χ3n) is 6.03. The minimum atomic E-state index is -0.504. The molecule has 3 N–H and O–H groups in total. The molecule has 2 fully saturated rings. The molecule has 140 valence electrons. The van der Waals surface area contributed by atoms with Crippen LogP contribution in [-0.4, -0.2) is 35.2 Å². The van der Waals surface area contributed by atoms with Crippen LogP contribution in [0.15, 0.2) is 24.3 Å². The standard InChI is InChI=1S/C20H27N3O3/c1-12-4-3-5-17(13(12)2)23-11-15(10-18(23)24)20(26)22-16-8-6-14(7-9-16)19(21)25/h6-9,12-13,15,17H,3-5,10-11H2,1-2H3,(H2,21,25)(H,22,26)/t12-,13+,15+,17+/m0/s1. The topological polar surface area (TPSA) is 92.5 Å². The van der Waals surface area contributed by atoms with Crippen molar-refractivity contribution in [3.63, 3.8) is 0 Å². The van der Waals surface area contributed by atoms with Crippen LogP contribution in [0.4, 0.5) is 5.69 Å². The lowest BCUT2D eigenvalue weighted by Crippen LogP contribution is -2.45. The van der Waals surface area contributed by atoms with Gasteiger partial charge in [0.15, 0.2) is 0 Å². The minimum Gasteiger partial charge on any atom is -0.366 e. The number of nitrogens with two attached hydrogens (primary N) is 1. The quantitative estimate of drug-likeness (QED) is 0.866. The first-order valence-corrected chi connectivity index (χ1v) is 9.37. The molecular weight excluding hydrogens is 330 g/mol. The largest absolute Gasteiger partial charge is 0.366 e. The summed E-state index contributed by atoms with van der Waals surface area (Å²) in [5.41, 5.74) is 6.21. The predicted molar refractivity (Wildman–Crippen MR) is 99.4 cm³/mol. The van der Waals surface area contributed by atoms with Crippen molar-refractivity contribution in [2.75, 3.05) is 11.9 Å². The van der Waals surface area contributed by atoms with Gasteiger partial charge in [-0.15, -0.1) is 0 Å². The maximum Gasteiger partial charge on any atom is 0.248 e. The SMILES string of the molecule is C[C@H]1[C@H](N2C[C@H](C(=O)Nc3ccc(C(N)=O)cc3)CC2=O)CCC[C@@H]1C. The average Bonchev–Trinajstić information content (AvgIpc) is 2.99. The molecule has 3 amide bonds. The third kappa shape index (κ3) is 3.74. The zero-order valence-electron chi connectivity index (χ0n) is 15.4. The molecule has 1 saturated carbocycles. The fourth-order valence-corrected chi connectivity index (χ4v) is 4.18. The second-order valence-electron chi connectivity index (χ2n) is 7.71. The summed E-state index contributed by atoms with van der Waals surface area (Å²) in [4.78, 5) is 38.1. The molecule has 2 aliphatic rings. The summed E-state index contributed by atoms with van der Waals surface area (Å²) in [6.45, 7) is 4.96. The summed E-state index contributed by atoms with van der Waals surface area (Å²) in [6, 6.07) is 6.71. The first-order valence-electron chi connectivity index (χ1n) is 9.37. The molecule has 6 heteroatoms. The smallest absolute Gasteiger partial charge is 0.248 e. The van der Waals surface area contributed by atoms with E-state index in [-0.39, 0.29) is 30.2 Å². The number of nitrogens with one attached hydrogen (secondary N) is 1. The van der Waals surface area contributed by atoms with Crippen LogP contribution in [0.2, 0.25) is 0 Å². The molecular formula is C20H27N3O3. The Labute approximate surface area is 154 Å². The molecule has 1 aromatic rings. The van der Waals surface area contributed by atoms with Gasteiger partial charge in [-0.25, -0.2) is 0 Å². The van der Waals surface area contributed by atoms with Gasteiger partial charge in [-0.05, 0) is 42.5 Å². The van der Waals surface area contributed by atoms with E-state index < -0.39 is 5.91 Å². The van der Waals surface area contributed by atoms with Crippen molar-refractivity contribution in [2.45, 2.75) is 45.6 Å². The number of hydrogen-bond acceptors (Lipinski definition) is 3. The highest BCUT2D eigenvalue weighted by Gasteiger charge is 2.41. The number of carbonyl (C=O) groups is 3. The van der Waals surface area contributed by atoms with Crippen LogP contribution in [0.5, 0.6) is 0 Å². The van der Waals surface area contributed by atoms with Crippen molar-refractivity contribution in [1.82, 2.24) is 4.90 Å². The third-order valence-corrected chi connectivity index (χ3v) is 6.03. The van der Waals surface area contributed by atoms with Gasteiger partial charge >= 0.3 is 0 Å². The Bertz CT molecular complexity index is 701. The zero-order valence-corrected chi connectivity index (χ0v) is 15.4. The monoisotopic (exact) mass is 357 g/mol. The van der Waals surface area contributed by atoms with Gasteiger partial charge in [0.05, 0.1) is 5.92 Å². The van der Waals surface area contributed by atoms with Crippen molar-refractivity contribution in [2.24, 2.45) is 23.5 Å². The predicted octanol–water partition coefficient (Wildman–Crippen LogP) is 2.40. The lowest BCUT2D eigenvalue weighted by Gasteiger charge is -2.40. The molecule has 0 spiro atoms. The summed E-state index contributed by atoms with van der Waals surface area (Å²) in [7, 11) is 0. The number of likely N-dealkylation sites (tertiary alicyclic amines) is 1. The number of carbonyl (C=O) groups excluding carboxylic acids is 3. The van der Waals surface area contributed by atoms with Crippen molar-refractivity contribution in [1.29, 1.82) is 0 Å². The summed E-state index contributed by atoms with van der Waals surface area (Å²) >= 11 is 0. The lowest BCUT2D eigenvalue weighted by atomic mass is 9.77. The van der Waals surface area contributed by atoms with Crippen LogP contribution in [0, 0.1) is 17.8 Å². The highest BCUT2D eigenvalue weighted by molar-refractivity contribution is 5.98. The van der Waals surface area contributed by atoms with Crippen molar-refractivity contribution >= 4 is 23.4 Å². The second-order valence-corrected chi connectivity index (χ2v) is 7.71. The van der Waals surface area contributed by atoms with Crippen LogP contribution < -0.4 is 11.1 Å². The van der Waals surface area contributed by atoms with Gasteiger partial charge < -0.3 is 16.0 Å². The van der Waals surface area contributed by atoms with E-state index in [2.05, 4.69) is 19.2 Å². The van der Waals surface area contributed by atoms with Gasteiger partial charge in [0.1, 0.15) is 0 Å². The maximum absolute atomic E-state index is 12.6. The number of benzene rings is 1. The van der Waals surface area contributed by atoms with Gasteiger partial charge in [0.2, 0.25) is 17.7 Å². The van der Waals surface area contributed by atoms with E-state index in [1.807, 2.05) is 4.90 Å². The van der Waals surface area contributed by atoms with Crippen LogP contribution in [0.3, 0.4) is 0 Å². The van der Waals surface area contributed by atoms with E-state index in [0.717, 1.165) is 12.8 Å². The number of rotatable bonds is 4. The molecule has 1 aromatic carbocycles. The number of hydrogen-bond donors (Lipinski definition) is 2. The second kappa shape index (κ2) is 7.48. The van der Waals surface area contributed by atoms with Gasteiger partial charge in [0.25, 0.3) is 0 Å². The normalized spacial score (nSPS) is 28.8. The molecule has 1 aliphatic heterocycles. The van der Waals surface area contributed by atoms with Crippen LogP contribution in [-0.2, 0) is 9.59 Å². The van der Waals surface area contributed by atoms with E-state index >= 15 is 0 Å². The molecule has 26 heavy (non-hydrogen) atoms. The zero-order chi connectivity index (χ0) is 18.8. The Morgan fingerprint density at radius 3 is 2.50 bits per heavy atom. The molecule has 6 nitrogen and oxygen atoms in total. The lowest BCUT2D eigenvalue weighted by molar-refractivity contribution is -0.131. The molecule has 1 saturated heterocycles. The van der Waals surface area contributed by atoms with Gasteiger partial charge in [-0.2, -0.15) is 0 Å². The maximum atomic E-state index is 12.6. The Morgan fingerprint density at radius 1 is 1.15 bits per heavy atom. The highest BCUT2D eigenvalue weighted by Crippen LogP contribution is 2.35.